The van der Waals surface area contributed by atoms with Crippen LogP contribution < -0.4 is 5.73 Å². The first-order valence-corrected chi connectivity index (χ1v) is 4.37. The minimum absolute atomic E-state index is 0.142. The van der Waals surface area contributed by atoms with Crippen LogP contribution in [-0.2, 0) is 0 Å². The maximum absolute atomic E-state index is 9.00. The van der Waals surface area contributed by atoms with Crippen LogP contribution in [-0.4, -0.2) is 17.3 Å². The average molecular weight is 157 g/mol. The van der Waals surface area contributed by atoms with E-state index in [1.165, 1.54) is 0 Å². The molecule has 0 atom stereocenters. The Hall–Kier alpha value is -0.0800. The van der Waals surface area contributed by atoms with E-state index in [0.29, 0.717) is 5.41 Å². The van der Waals surface area contributed by atoms with E-state index in [1.807, 2.05) is 0 Å². The summed E-state index contributed by atoms with van der Waals surface area (Å²) in [5, 5.41) is 9.00. The summed E-state index contributed by atoms with van der Waals surface area (Å²) in [4.78, 5) is 0. The minimum Gasteiger partial charge on any atom is -0.394 e. The molecule has 0 amide bonds. The van der Waals surface area contributed by atoms with E-state index in [1.54, 1.807) is 0 Å². The van der Waals surface area contributed by atoms with Gasteiger partial charge in [0.15, 0.2) is 0 Å². The van der Waals surface area contributed by atoms with E-state index in [-0.39, 0.29) is 12.1 Å². The normalized spacial score (nSPS) is 28.4. The van der Waals surface area contributed by atoms with Crippen molar-refractivity contribution in [2.45, 2.75) is 45.1 Å². The van der Waals surface area contributed by atoms with E-state index in [2.05, 4.69) is 13.8 Å². The van der Waals surface area contributed by atoms with Gasteiger partial charge in [-0.25, -0.2) is 0 Å². The first-order valence-electron chi connectivity index (χ1n) is 4.37. The van der Waals surface area contributed by atoms with Crippen LogP contribution in [0.25, 0.3) is 0 Å². The molecule has 1 rings (SSSR count). The van der Waals surface area contributed by atoms with Crippen molar-refractivity contribution in [3.63, 3.8) is 0 Å². The quantitative estimate of drug-likeness (QED) is 0.602. The molecule has 0 aliphatic heterocycles. The molecule has 0 bridgehead atoms. The molecule has 0 aromatic rings. The molecule has 0 heterocycles. The van der Waals surface area contributed by atoms with Crippen molar-refractivity contribution in [2.75, 3.05) is 6.61 Å². The van der Waals surface area contributed by atoms with Crippen molar-refractivity contribution in [1.29, 1.82) is 0 Å². The fourth-order valence-electron chi connectivity index (χ4n) is 1.58. The third-order valence-corrected chi connectivity index (χ3v) is 2.91. The lowest BCUT2D eigenvalue weighted by Gasteiger charge is -2.40. The van der Waals surface area contributed by atoms with Crippen molar-refractivity contribution in [3.8, 4) is 0 Å². The predicted octanol–water partition coefficient (Wildman–Crippen LogP) is 1.28. The highest BCUT2D eigenvalue weighted by Gasteiger charge is 2.34. The first-order chi connectivity index (χ1) is 4.97. The Morgan fingerprint density at radius 2 is 1.64 bits per heavy atom. The zero-order valence-electron chi connectivity index (χ0n) is 7.56. The number of aliphatic hydroxyl groups is 1. The summed E-state index contributed by atoms with van der Waals surface area (Å²) in [6.07, 6.45) is 4.22. The lowest BCUT2D eigenvalue weighted by atomic mass is 9.70. The average Bonchev–Trinajstić information content (AvgIpc) is 1.97. The van der Waals surface area contributed by atoms with Gasteiger partial charge in [0.2, 0.25) is 0 Å². The van der Waals surface area contributed by atoms with Gasteiger partial charge >= 0.3 is 0 Å². The van der Waals surface area contributed by atoms with Gasteiger partial charge in [0, 0.05) is 5.54 Å². The highest BCUT2D eigenvalue weighted by molar-refractivity contribution is 4.91. The summed E-state index contributed by atoms with van der Waals surface area (Å²) >= 11 is 0. The molecule has 0 aromatic carbocycles. The molecule has 0 radical (unpaired) electrons. The Morgan fingerprint density at radius 1 is 1.18 bits per heavy atom. The summed E-state index contributed by atoms with van der Waals surface area (Å²) in [5.41, 5.74) is 6.10. The van der Waals surface area contributed by atoms with Crippen molar-refractivity contribution in [1.82, 2.24) is 0 Å². The van der Waals surface area contributed by atoms with Crippen molar-refractivity contribution in [2.24, 2.45) is 11.1 Å². The number of hydrogen-bond acceptors (Lipinski definition) is 2. The topological polar surface area (TPSA) is 46.2 Å². The Kier molecular flexibility index (Phi) is 2.26. The predicted molar refractivity (Wildman–Crippen MR) is 46.3 cm³/mol. The number of aliphatic hydroxyl groups excluding tert-OH is 1. The van der Waals surface area contributed by atoms with Crippen LogP contribution in [0.1, 0.15) is 39.5 Å². The zero-order valence-corrected chi connectivity index (χ0v) is 7.56. The summed E-state index contributed by atoms with van der Waals surface area (Å²) in [5.74, 6) is 0. The van der Waals surface area contributed by atoms with Gasteiger partial charge in [-0.05, 0) is 31.1 Å². The molecular formula is C9H19NO. The second-order valence-electron chi connectivity index (χ2n) is 4.68. The Balaban J connectivity index is 2.48. The van der Waals surface area contributed by atoms with Gasteiger partial charge in [-0.3, -0.25) is 0 Å². The van der Waals surface area contributed by atoms with Crippen LogP contribution in [0.5, 0.6) is 0 Å². The van der Waals surface area contributed by atoms with Crippen LogP contribution in [0.15, 0.2) is 0 Å². The van der Waals surface area contributed by atoms with Gasteiger partial charge in [-0.1, -0.05) is 13.8 Å². The van der Waals surface area contributed by atoms with Crippen LogP contribution in [0.4, 0.5) is 0 Å². The van der Waals surface area contributed by atoms with Gasteiger partial charge in [0.25, 0.3) is 0 Å². The van der Waals surface area contributed by atoms with Crippen molar-refractivity contribution in [3.05, 3.63) is 0 Å². The number of rotatable bonds is 1. The first kappa shape index (κ1) is 9.01. The van der Waals surface area contributed by atoms with Gasteiger partial charge < -0.3 is 10.8 Å². The largest absolute Gasteiger partial charge is 0.394 e. The molecule has 2 heteroatoms. The fourth-order valence-corrected chi connectivity index (χ4v) is 1.58. The van der Waals surface area contributed by atoms with Crippen LogP contribution >= 0.6 is 0 Å². The van der Waals surface area contributed by atoms with Crippen LogP contribution in [0.3, 0.4) is 0 Å². The van der Waals surface area contributed by atoms with Crippen LogP contribution in [0.2, 0.25) is 0 Å². The van der Waals surface area contributed by atoms with E-state index >= 15 is 0 Å². The van der Waals surface area contributed by atoms with E-state index < -0.39 is 0 Å². The molecule has 1 aliphatic carbocycles. The van der Waals surface area contributed by atoms with Gasteiger partial charge in [0.05, 0.1) is 6.61 Å². The maximum Gasteiger partial charge on any atom is 0.0611 e. The second-order valence-corrected chi connectivity index (χ2v) is 4.68. The second kappa shape index (κ2) is 2.76. The molecule has 0 unspecified atom stereocenters. The lowest BCUT2D eigenvalue weighted by Crippen LogP contribution is -2.48. The fraction of sp³-hybridized carbons (Fsp3) is 1.00. The van der Waals surface area contributed by atoms with Gasteiger partial charge in [0.1, 0.15) is 0 Å². The summed E-state index contributed by atoms with van der Waals surface area (Å²) in [7, 11) is 0. The highest BCUT2D eigenvalue weighted by Crippen LogP contribution is 2.38. The molecule has 0 saturated heterocycles. The molecule has 1 saturated carbocycles. The number of hydrogen-bond donors (Lipinski definition) is 2. The Bertz CT molecular complexity index is 132. The molecule has 66 valence electrons. The van der Waals surface area contributed by atoms with Crippen molar-refractivity contribution < 1.29 is 5.11 Å². The van der Waals surface area contributed by atoms with Gasteiger partial charge in [-0.15, -0.1) is 0 Å². The summed E-state index contributed by atoms with van der Waals surface area (Å²) < 4.78 is 0. The van der Waals surface area contributed by atoms with Gasteiger partial charge in [-0.2, -0.15) is 0 Å². The monoisotopic (exact) mass is 157 g/mol. The lowest BCUT2D eigenvalue weighted by molar-refractivity contribution is 0.105. The smallest absolute Gasteiger partial charge is 0.0611 e. The summed E-state index contributed by atoms with van der Waals surface area (Å²) in [6, 6.07) is 0. The Labute approximate surface area is 68.8 Å². The van der Waals surface area contributed by atoms with Crippen molar-refractivity contribution >= 4 is 0 Å². The third-order valence-electron chi connectivity index (χ3n) is 2.91. The Morgan fingerprint density at radius 3 is 2.00 bits per heavy atom. The molecule has 3 N–H and O–H groups in total. The standard InChI is InChI=1S/C9H19NO/c1-8(2)3-5-9(10,7-11)6-4-8/h11H,3-7,10H2,1-2H3. The molecule has 11 heavy (non-hydrogen) atoms. The van der Waals surface area contributed by atoms with E-state index in [0.717, 1.165) is 25.7 Å². The van der Waals surface area contributed by atoms with E-state index in [9.17, 15) is 0 Å². The zero-order chi connectivity index (χ0) is 8.54. The molecule has 2 nitrogen and oxygen atoms in total. The molecular weight excluding hydrogens is 138 g/mol. The SMILES string of the molecule is CC1(C)CCC(N)(CO)CC1. The third kappa shape index (κ3) is 2.17. The van der Waals surface area contributed by atoms with E-state index in [4.69, 9.17) is 10.8 Å². The molecule has 0 spiro atoms. The minimum atomic E-state index is -0.268. The molecule has 0 aromatic heterocycles. The maximum atomic E-state index is 9.00. The summed E-state index contributed by atoms with van der Waals surface area (Å²) in [6.45, 7) is 4.68. The molecule has 1 aliphatic rings. The highest BCUT2D eigenvalue weighted by atomic mass is 16.3. The van der Waals surface area contributed by atoms with Crippen LogP contribution in [0, 0.1) is 5.41 Å². The number of nitrogens with two attached hydrogens (primary N) is 1. The molecule has 1 fully saturated rings.